The summed E-state index contributed by atoms with van der Waals surface area (Å²) >= 11 is 0. The van der Waals surface area contributed by atoms with Crippen LogP contribution in [0.4, 0.5) is 5.69 Å². The number of amides is 3. The van der Waals surface area contributed by atoms with Gasteiger partial charge in [-0.1, -0.05) is 64.8 Å². The third-order valence-corrected chi connectivity index (χ3v) is 9.19. The van der Waals surface area contributed by atoms with Crippen LogP contribution in [-0.2, 0) is 19.1 Å². The number of ether oxygens (including phenoxy) is 1. The van der Waals surface area contributed by atoms with Crippen molar-refractivity contribution in [3.63, 3.8) is 0 Å². The first-order chi connectivity index (χ1) is 17.6. The monoisotopic (exact) mass is 507 g/mol. The van der Waals surface area contributed by atoms with Gasteiger partial charge in [0.05, 0.1) is 17.9 Å². The van der Waals surface area contributed by atoms with Crippen LogP contribution < -0.4 is 10.6 Å². The minimum absolute atomic E-state index is 0.0803. The number of benzene rings is 1. The molecule has 0 radical (unpaired) electrons. The SMILES string of the molecule is Cc1cccc(NC(=O)[C@H]2[C@H]3C=C[C@@]4(O3)[C@H]2C(=O)N(CCC(C)C)[C@@H]4C(=O)N[C@@H]2CCC[C@@H](C)[C@H]2C)c1. The highest BCUT2D eigenvalue weighted by atomic mass is 16.5. The maximum atomic E-state index is 14.0. The van der Waals surface area contributed by atoms with Crippen molar-refractivity contribution in [1.29, 1.82) is 0 Å². The summed E-state index contributed by atoms with van der Waals surface area (Å²) in [6, 6.07) is 6.93. The van der Waals surface area contributed by atoms with Crippen LogP contribution in [0.15, 0.2) is 36.4 Å². The van der Waals surface area contributed by atoms with Gasteiger partial charge < -0.3 is 20.3 Å². The van der Waals surface area contributed by atoms with Crippen molar-refractivity contribution in [1.82, 2.24) is 10.2 Å². The molecule has 1 aromatic carbocycles. The lowest BCUT2D eigenvalue weighted by atomic mass is 9.73. The molecule has 2 N–H and O–H groups in total. The predicted octanol–water partition coefficient (Wildman–Crippen LogP) is 4.07. The van der Waals surface area contributed by atoms with E-state index in [2.05, 4.69) is 38.3 Å². The molecule has 1 aromatic rings. The Kier molecular flexibility index (Phi) is 6.94. The predicted molar refractivity (Wildman–Crippen MR) is 143 cm³/mol. The summed E-state index contributed by atoms with van der Waals surface area (Å²) in [5.41, 5.74) is 0.627. The zero-order chi connectivity index (χ0) is 26.5. The quantitative estimate of drug-likeness (QED) is 0.545. The molecule has 3 heterocycles. The normalized spacial score (nSPS) is 36.2. The lowest BCUT2D eigenvalue weighted by molar-refractivity contribution is -0.141. The zero-order valence-electron chi connectivity index (χ0n) is 22.7. The molecule has 3 amide bonds. The first-order valence-electron chi connectivity index (χ1n) is 14.0. The second-order valence-electron chi connectivity index (χ2n) is 12.2. The fourth-order valence-electron chi connectivity index (χ4n) is 6.90. The van der Waals surface area contributed by atoms with Crippen LogP contribution in [0.3, 0.4) is 0 Å². The number of hydrogen-bond acceptors (Lipinski definition) is 4. The van der Waals surface area contributed by atoms with E-state index in [1.165, 1.54) is 6.42 Å². The van der Waals surface area contributed by atoms with Crippen molar-refractivity contribution in [2.24, 2.45) is 29.6 Å². The van der Waals surface area contributed by atoms with Gasteiger partial charge in [0.2, 0.25) is 17.7 Å². The molecule has 7 heteroatoms. The second kappa shape index (κ2) is 9.90. The van der Waals surface area contributed by atoms with Crippen molar-refractivity contribution in [3.05, 3.63) is 42.0 Å². The van der Waals surface area contributed by atoms with E-state index in [1.54, 1.807) is 4.90 Å². The molecule has 2 bridgehead atoms. The minimum atomic E-state index is -1.11. The highest BCUT2D eigenvalue weighted by Gasteiger charge is 2.72. The van der Waals surface area contributed by atoms with E-state index in [1.807, 2.05) is 43.3 Å². The Balaban J connectivity index is 1.43. The molecule has 2 saturated heterocycles. The lowest BCUT2D eigenvalue weighted by Crippen LogP contribution is -2.58. The first-order valence-corrected chi connectivity index (χ1v) is 14.0. The molecular weight excluding hydrogens is 466 g/mol. The number of carbonyl (C=O) groups excluding carboxylic acids is 3. The van der Waals surface area contributed by atoms with Crippen molar-refractivity contribution >= 4 is 23.4 Å². The number of nitrogens with zero attached hydrogens (tertiary/aromatic N) is 1. The van der Waals surface area contributed by atoms with Gasteiger partial charge in [0, 0.05) is 18.3 Å². The molecule has 0 unspecified atom stereocenters. The fraction of sp³-hybridized carbons (Fsp3) is 0.633. The molecule has 0 aromatic heterocycles. The van der Waals surface area contributed by atoms with Gasteiger partial charge in [0.15, 0.2) is 0 Å². The molecule has 3 fully saturated rings. The van der Waals surface area contributed by atoms with Crippen molar-refractivity contribution in [2.75, 3.05) is 11.9 Å². The largest absolute Gasteiger partial charge is 0.359 e. The van der Waals surface area contributed by atoms with Crippen LogP contribution in [0.5, 0.6) is 0 Å². The Morgan fingerprint density at radius 1 is 1.19 bits per heavy atom. The van der Waals surface area contributed by atoms with Gasteiger partial charge in [-0.05, 0) is 55.2 Å². The van der Waals surface area contributed by atoms with Gasteiger partial charge in [-0.15, -0.1) is 0 Å². The highest BCUT2D eigenvalue weighted by Crippen LogP contribution is 2.55. The van der Waals surface area contributed by atoms with Crippen LogP contribution in [0.2, 0.25) is 0 Å². The molecule has 5 rings (SSSR count). The Hall–Kier alpha value is -2.67. The average molecular weight is 508 g/mol. The second-order valence-corrected chi connectivity index (χ2v) is 12.2. The van der Waals surface area contributed by atoms with Crippen LogP contribution in [0, 0.1) is 36.5 Å². The van der Waals surface area contributed by atoms with Gasteiger partial charge in [0.25, 0.3) is 0 Å². The highest BCUT2D eigenvalue weighted by molar-refractivity contribution is 6.02. The summed E-state index contributed by atoms with van der Waals surface area (Å²) in [4.78, 5) is 43.2. The molecule has 7 nitrogen and oxygen atoms in total. The van der Waals surface area contributed by atoms with E-state index in [-0.39, 0.29) is 23.8 Å². The molecule has 3 aliphatic heterocycles. The maximum Gasteiger partial charge on any atom is 0.246 e. The number of nitrogens with one attached hydrogen (secondary N) is 2. The van der Waals surface area contributed by atoms with Gasteiger partial charge in [0.1, 0.15) is 11.6 Å². The number of aryl methyl sites for hydroxylation is 1. The Labute approximate surface area is 220 Å². The molecule has 8 atom stereocenters. The number of hydrogen-bond donors (Lipinski definition) is 2. The molecule has 1 spiro atoms. The Morgan fingerprint density at radius 2 is 1.97 bits per heavy atom. The van der Waals surface area contributed by atoms with E-state index in [4.69, 9.17) is 4.74 Å². The third-order valence-electron chi connectivity index (χ3n) is 9.19. The molecule has 1 aliphatic carbocycles. The van der Waals surface area contributed by atoms with Crippen LogP contribution in [0.1, 0.15) is 58.9 Å². The summed E-state index contributed by atoms with van der Waals surface area (Å²) in [6.45, 7) is 11.1. The van der Waals surface area contributed by atoms with Crippen molar-refractivity contribution in [3.8, 4) is 0 Å². The van der Waals surface area contributed by atoms with Gasteiger partial charge >= 0.3 is 0 Å². The molecular formula is C30H41N3O4. The topological polar surface area (TPSA) is 87.7 Å². The fourth-order valence-corrected chi connectivity index (χ4v) is 6.90. The van der Waals surface area contributed by atoms with E-state index in [0.717, 1.165) is 24.8 Å². The van der Waals surface area contributed by atoms with E-state index in [0.29, 0.717) is 30.0 Å². The lowest BCUT2D eigenvalue weighted by Gasteiger charge is -2.38. The standard InChI is InChI=1S/C30H41N3O4/c1-17(2)13-15-33-26(28(35)32-22-11-7-9-19(4)20(22)5)30-14-12-23(37-30)24(25(30)29(33)36)27(34)31-21-10-6-8-18(3)16-21/h6,8,10,12,14,16-17,19-20,22-26H,7,9,11,13,15H2,1-5H3,(H,31,34)(H,32,35)/t19-,20-,22-,23-,24+,25-,26-,30-/m1/s1. The third kappa shape index (κ3) is 4.49. The van der Waals surface area contributed by atoms with Gasteiger partial charge in [-0.25, -0.2) is 0 Å². The van der Waals surface area contributed by atoms with Crippen molar-refractivity contribution in [2.45, 2.75) is 84.1 Å². The minimum Gasteiger partial charge on any atom is -0.359 e. The molecule has 1 saturated carbocycles. The molecule has 200 valence electrons. The summed E-state index contributed by atoms with van der Waals surface area (Å²) in [7, 11) is 0. The maximum absolute atomic E-state index is 14.0. The number of fused-ring (bicyclic) bond motifs is 1. The smallest absolute Gasteiger partial charge is 0.246 e. The van der Waals surface area contributed by atoms with Crippen molar-refractivity contribution < 1.29 is 19.1 Å². The Morgan fingerprint density at radius 3 is 2.70 bits per heavy atom. The number of carbonyl (C=O) groups is 3. The van der Waals surface area contributed by atoms with Crippen LogP contribution >= 0.6 is 0 Å². The van der Waals surface area contributed by atoms with Crippen LogP contribution in [0.25, 0.3) is 0 Å². The average Bonchev–Trinajstić information content (AvgIpc) is 3.48. The number of likely N-dealkylation sites (tertiary alicyclic amines) is 1. The van der Waals surface area contributed by atoms with Gasteiger partial charge in [-0.2, -0.15) is 0 Å². The zero-order valence-corrected chi connectivity index (χ0v) is 22.7. The molecule has 4 aliphatic rings. The summed E-state index contributed by atoms with van der Waals surface area (Å²) in [6.07, 6.45) is 7.24. The summed E-state index contributed by atoms with van der Waals surface area (Å²) < 4.78 is 6.46. The van der Waals surface area contributed by atoms with Gasteiger partial charge in [-0.3, -0.25) is 14.4 Å². The Bertz CT molecular complexity index is 1100. The van der Waals surface area contributed by atoms with Crippen LogP contribution in [-0.4, -0.2) is 53.0 Å². The summed E-state index contributed by atoms with van der Waals surface area (Å²) in [5, 5.41) is 6.31. The summed E-state index contributed by atoms with van der Waals surface area (Å²) in [5.74, 6) is -0.639. The number of anilines is 1. The van der Waals surface area contributed by atoms with E-state index < -0.39 is 29.6 Å². The molecule has 37 heavy (non-hydrogen) atoms. The van der Waals surface area contributed by atoms with E-state index >= 15 is 0 Å². The first kappa shape index (κ1) is 26.0. The van der Waals surface area contributed by atoms with E-state index in [9.17, 15) is 14.4 Å². The number of rotatable bonds is 7.